The summed E-state index contributed by atoms with van der Waals surface area (Å²) < 4.78 is 0. The second-order valence-corrected chi connectivity index (χ2v) is 6.42. The van der Waals surface area contributed by atoms with Crippen LogP contribution in [0.4, 0.5) is 0 Å². The molecule has 3 aromatic heterocycles. The van der Waals surface area contributed by atoms with Crippen molar-refractivity contribution in [2.75, 3.05) is 0 Å². The fourth-order valence-electron chi connectivity index (χ4n) is 3.14. The van der Waals surface area contributed by atoms with Gasteiger partial charge in [0, 0.05) is 35.8 Å². The molecule has 0 saturated heterocycles. The first-order chi connectivity index (χ1) is 11.0. The van der Waals surface area contributed by atoms with Crippen molar-refractivity contribution in [3.8, 4) is 0 Å². The molecule has 1 atom stereocenters. The fourth-order valence-corrected chi connectivity index (χ4v) is 3.14. The average Bonchev–Trinajstić information content (AvgIpc) is 2.94. The second-order valence-electron chi connectivity index (χ2n) is 6.42. The first kappa shape index (κ1) is 15.1. The summed E-state index contributed by atoms with van der Waals surface area (Å²) in [7, 11) is 0. The highest BCUT2D eigenvalue weighted by molar-refractivity contribution is 5.77. The number of hydrogen-bond acceptors (Lipinski definition) is 4. The third-order valence-electron chi connectivity index (χ3n) is 4.07. The molecule has 0 aliphatic heterocycles. The Morgan fingerprint density at radius 2 is 2.17 bits per heavy atom. The van der Waals surface area contributed by atoms with Crippen LogP contribution in [0.25, 0.3) is 10.9 Å². The molecular weight excluding hydrogens is 290 g/mol. The molecule has 6 heteroatoms. The molecule has 23 heavy (non-hydrogen) atoms. The molecule has 6 nitrogen and oxygen atoms in total. The zero-order valence-electron chi connectivity index (χ0n) is 13.2. The maximum atomic E-state index is 11.5. The molecule has 0 bridgehead atoms. The molecule has 0 aliphatic carbocycles. The van der Waals surface area contributed by atoms with E-state index in [1.165, 1.54) is 0 Å². The quantitative estimate of drug-likeness (QED) is 0.756. The van der Waals surface area contributed by atoms with Crippen molar-refractivity contribution < 1.29 is 4.79 Å². The highest BCUT2D eigenvalue weighted by Crippen LogP contribution is 2.42. The van der Waals surface area contributed by atoms with E-state index in [4.69, 9.17) is 5.73 Å². The predicted molar refractivity (Wildman–Crippen MR) is 87.6 cm³/mol. The van der Waals surface area contributed by atoms with Crippen LogP contribution in [0.5, 0.6) is 0 Å². The number of aromatic amines is 1. The van der Waals surface area contributed by atoms with Gasteiger partial charge in [-0.05, 0) is 23.1 Å². The van der Waals surface area contributed by atoms with Crippen LogP contribution in [0.2, 0.25) is 0 Å². The lowest BCUT2D eigenvalue weighted by molar-refractivity contribution is -0.120. The van der Waals surface area contributed by atoms with Gasteiger partial charge < -0.3 is 5.73 Å². The van der Waals surface area contributed by atoms with E-state index in [9.17, 15) is 4.79 Å². The van der Waals surface area contributed by atoms with Gasteiger partial charge in [0.05, 0.1) is 17.9 Å². The zero-order valence-corrected chi connectivity index (χ0v) is 13.2. The number of rotatable bonds is 5. The summed E-state index contributed by atoms with van der Waals surface area (Å²) in [6.07, 6.45) is 7.34. The molecule has 0 saturated carbocycles. The number of hydrogen-bond donors (Lipinski definition) is 2. The number of amides is 1. The summed E-state index contributed by atoms with van der Waals surface area (Å²) in [6.45, 7) is 4.05. The summed E-state index contributed by atoms with van der Waals surface area (Å²) in [4.78, 5) is 20.3. The van der Waals surface area contributed by atoms with E-state index in [1.54, 1.807) is 18.6 Å². The van der Waals surface area contributed by atoms with E-state index in [0.29, 0.717) is 0 Å². The number of nitrogens with zero attached hydrogens (tertiary/aromatic N) is 3. The number of aromatic nitrogens is 4. The number of H-pyrrole nitrogens is 1. The number of primary amides is 1. The van der Waals surface area contributed by atoms with Crippen molar-refractivity contribution in [3.05, 3.63) is 54.2 Å². The average molecular weight is 309 g/mol. The van der Waals surface area contributed by atoms with E-state index in [-0.39, 0.29) is 23.7 Å². The largest absolute Gasteiger partial charge is 0.370 e. The molecule has 0 spiro atoms. The third-order valence-corrected chi connectivity index (χ3v) is 4.07. The zero-order chi connectivity index (χ0) is 16.4. The van der Waals surface area contributed by atoms with Gasteiger partial charge in [0.1, 0.15) is 0 Å². The van der Waals surface area contributed by atoms with Crippen LogP contribution in [0.15, 0.2) is 43.0 Å². The molecule has 3 N–H and O–H groups in total. The lowest BCUT2D eigenvalue weighted by atomic mass is 9.71. The number of carbonyl (C=O) groups excluding carboxylic acids is 1. The lowest BCUT2D eigenvalue weighted by Crippen LogP contribution is -2.30. The molecule has 1 amide bonds. The van der Waals surface area contributed by atoms with Crippen molar-refractivity contribution in [2.45, 2.75) is 26.2 Å². The minimum Gasteiger partial charge on any atom is -0.370 e. The molecule has 0 radical (unpaired) electrons. The van der Waals surface area contributed by atoms with Crippen molar-refractivity contribution in [1.82, 2.24) is 20.2 Å². The van der Waals surface area contributed by atoms with Gasteiger partial charge in [0.25, 0.3) is 0 Å². The number of carbonyl (C=O) groups is 1. The van der Waals surface area contributed by atoms with Crippen molar-refractivity contribution in [2.24, 2.45) is 11.1 Å². The first-order valence-electron chi connectivity index (χ1n) is 7.44. The van der Waals surface area contributed by atoms with Gasteiger partial charge in [0.15, 0.2) is 0 Å². The Morgan fingerprint density at radius 3 is 2.87 bits per heavy atom. The van der Waals surface area contributed by atoms with Crippen molar-refractivity contribution in [3.63, 3.8) is 0 Å². The molecule has 3 rings (SSSR count). The smallest absolute Gasteiger partial charge is 0.217 e. The van der Waals surface area contributed by atoms with E-state index in [0.717, 1.165) is 22.2 Å². The van der Waals surface area contributed by atoms with Gasteiger partial charge in [-0.3, -0.25) is 19.9 Å². The number of pyridine rings is 2. The van der Waals surface area contributed by atoms with Gasteiger partial charge in [-0.15, -0.1) is 0 Å². The minimum absolute atomic E-state index is 0.0944. The summed E-state index contributed by atoms with van der Waals surface area (Å²) in [5.41, 5.74) is 7.83. The molecule has 3 aromatic rings. The molecule has 0 aromatic carbocycles. The Balaban J connectivity index is 2.12. The molecule has 118 valence electrons. The van der Waals surface area contributed by atoms with E-state index < -0.39 is 0 Å². The fraction of sp³-hybridized carbons (Fsp3) is 0.294. The van der Waals surface area contributed by atoms with Gasteiger partial charge >= 0.3 is 0 Å². The Morgan fingerprint density at radius 1 is 1.35 bits per heavy atom. The third kappa shape index (κ3) is 3.06. The van der Waals surface area contributed by atoms with Crippen LogP contribution >= 0.6 is 0 Å². The van der Waals surface area contributed by atoms with E-state index in [1.807, 2.05) is 38.2 Å². The maximum absolute atomic E-state index is 11.5. The molecule has 0 aliphatic rings. The Bertz CT molecular complexity index is 825. The van der Waals surface area contributed by atoms with Crippen LogP contribution < -0.4 is 5.73 Å². The number of fused-ring (bicyclic) bond motifs is 1. The Hall–Kier alpha value is -2.76. The van der Waals surface area contributed by atoms with Crippen LogP contribution in [0.3, 0.4) is 0 Å². The normalized spacial score (nSPS) is 13.1. The first-order valence-corrected chi connectivity index (χ1v) is 7.44. The summed E-state index contributed by atoms with van der Waals surface area (Å²) >= 11 is 0. The van der Waals surface area contributed by atoms with E-state index in [2.05, 4.69) is 20.2 Å². The van der Waals surface area contributed by atoms with Crippen LogP contribution in [-0.4, -0.2) is 26.1 Å². The number of nitrogens with two attached hydrogens (primary N) is 1. The molecule has 1 unspecified atom stereocenters. The van der Waals surface area contributed by atoms with Gasteiger partial charge in [0.2, 0.25) is 5.91 Å². The molecule has 3 heterocycles. The van der Waals surface area contributed by atoms with Crippen molar-refractivity contribution in [1.29, 1.82) is 0 Å². The lowest BCUT2D eigenvalue weighted by Gasteiger charge is -2.33. The number of nitrogens with one attached hydrogen (secondary N) is 1. The Kier molecular flexibility index (Phi) is 3.82. The Labute approximate surface area is 134 Å². The van der Waals surface area contributed by atoms with Crippen LogP contribution in [-0.2, 0) is 4.79 Å². The monoisotopic (exact) mass is 309 g/mol. The topological polar surface area (TPSA) is 97.5 Å². The minimum atomic E-state index is -0.390. The SMILES string of the molecule is CC(C)(CC(N)=O)C(c1cccnc1)c1cc2cn[nH]c2cn1. The van der Waals surface area contributed by atoms with Crippen LogP contribution in [0, 0.1) is 5.41 Å². The van der Waals surface area contributed by atoms with Crippen LogP contribution in [0.1, 0.15) is 37.4 Å². The van der Waals surface area contributed by atoms with Crippen molar-refractivity contribution >= 4 is 16.8 Å². The molecular formula is C17H19N5O. The standard InChI is InChI=1S/C17H19N5O/c1-17(2,7-15(18)23)16(11-4-3-5-19-8-11)13-6-12-9-21-22-14(12)10-20-13/h3-6,8-10,16H,7H2,1-2H3,(H2,18,23)(H,21,22). The van der Waals surface area contributed by atoms with Gasteiger partial charge in [-0.2, -0.15) is 5.10 Å². The summed E-state index contributed by atoms with van der Waals surface area (Å²) in [6, 6.07) is 5.89. The van der Waals surface area contributed by atoms with E-state index >= 15 is 0 Å². The van der Waals surface area contributed by atoms with Gasteiger partial charge in [-0.1, -0.05) is 19.9 Å². The highest BCUT2D eigenvalue weighted by atomic mass is 16.1. The summed E-state index contributed by atoms with van der Waals surface area (Å²) in [5.74, 6) is -0.420. The highest BCUT2D eigenvalue weighted by Gasteiger charge is 2.35. The predicted octanol–water partition coefficient (Wildman–Crippen LogP) is 2.39. The molecule has 0 fully saturated rings. The van der Waals surface area contributed by atoms with Gasteiger partial charge in [-0.25, -0.2) is 0 Å². The maximum Gasteiger partial charge on any atom is 0.217 e. The summed E-state index contributed by atoms with van der Waals surface area (Å²) in [5, 5.41) is 7.92. The second kappa shape index (κ2) is 5.79.